The number of nitrogens with two attached hydrogens (primary N) is 1. The van der Waals surface area contributed by atoms with Crippen molar-refractivity contribution in [3.8, 4) is 17.2 Å². The summed E-state index contributed by atoms with van der Waals surface area (Å²) in [6.45, 7) is 5.44. The highest BCUT2D eigenvalue weighted by molar-refractivity contribution is 6.54. The minimum atomic E-state index is -0.249. The van der Waals surface area contributed by atoms with E-state index in [-0.39, 0.29) is 29.2 Å². The van der Waals surface area contributed by atoms with Crippen molar-refractivity contribution in [3.63, 3.8) is 0 Å². The number of piperazine rings is 1. The van der Waals surface area contributed by atoms with Crippen molar-refractivity contribution in [1.82, 2.24) is 14.9 Å². The number of fused-ring (bicyclic) bond motifs is 1. The van der Waals surface area contributed by atoms with Crippen LogP contribution in [0.4, 0.5) is 27.5 Å². The van der Waals surface area contributed by atoms with Crippen LogP contribution >= 0.6 is 0 Å². The molecule has 2 aliphatic heterocycles. The number of rotatable bonds is 9. The van der Waals surface area contributed by atoms with E-state index in [2.05, 4.69) is 24.8 Å². The van der Waals surface area contributed by atoms with E-state index in [0.29, 0.717) is 35.9 Å². The molecule has 0 unspecified atom stereocenters. The van der Waals surface area contributed by atoms with E-state index in [0.717, 1.165) is 54.2 Å². The molecule has 6 rings (SSSR count). The van der Waals surface area contributed by atoms with Crippen molar-refractivity contribution in [2.24, 2.45) is 4.99 Å². The molecule has 1 fully saturated rings. The van der Waals surface area contributed by atoms with Crippen LogP contribution in [0, 0.1) is 12.7 Å². The van der Waals surface area contributed by atoms with Crippen molar-refractivity contribution in [2.45, 2.75) is 13.3 Å². The molecule has 1 amide bonds. The first kappa shape index (κ1) is 30.8. The molecular weight excluding hydrogens is 589 g/mol. The Morgan fingerprint density at radius 1 is 0.935 bits per heavy atom. The number of carbonyl (C=O) groups is 1. The van der Waals surface area contributed by atoms with Gasteiger partial charge in [0.25, 0.3) is 11.9 Å². The van der Waals surface area contributed by atoms with Crippen LogP contribution in [-0.4, -0.2) is 80.7 Å². The predicted molar refractivity (Wildman–Crippen MR) is 175 cm³/mol. The molecule has 0 radical (unpaired) electrons. The van der Waals surface area contributed by atoms with Gasteiger partial charge in [0.1, 0.15) is 17.3 Å². The average molecular weight is 626 g/mol. The van der Waals surface area contributed by atoms with Gasteiger partial charge in [-0.25, -0.2) is 14.4 Å². The fraction of sp³-hybridized carbons (Fsp3) is 0.294. The monoisotopic (exact) mass is 625 g/mol. The predicted octanol–water partition coefficient (Wildman–Crippen LogP) is 4.37. The normalized spacial score (nSPS) is 15.8. The summed E-state index contributed by atoms with van der Waals surface area (Å²) in [6, 6.07) is 16.1. The number of amides is 1. The average Bonchev–Trinajstić information content (AvgIpc) is 3.31. The quantitative estimate of drug-likeness (QED) is 0.289. The standard InChI is InChI=1S/C34H36FN7O4/c1-21-5-10-27-26(15-21)30(33(43)42(27)20-40-11-13-41(14-12-40)25-8-6-24(35)7-9-25)38-34-37-19-23(32(36)39-34)16-22-17-28(44-2)31(46-4)29(18-22)45-3/h5-10,15,17-19H,11-14,16,20H2,1-4H3,(H2,36,37,39)/b38-30-. The van der Waals surface area contributed by atoms with Crippen molar-refractivity contribution in [3.05, 3.63) is 88.9 Å². The van der Waals surface area contributed by atoms with E-state index in [4.69, 9.17) is 19.9 Å². The van der Waals surface area contributed by atoms with Crippen LogP contribution in [0.15, 0.2) is 65.8 Å². The first-order valence-corrected chi connectivity index (χ1v) is 14.9. The minimum absolute atomic E-state index is 0.108. The maximum Gasteiger partial charge on any atom is 0.278 e. The lowest BCUT2D eigenvalue weighted by molar-refractivity contribution is -0.112. The van der Waals surface area contributed by atoms with Gasteiger partial charge >= 0.3 is 0 Å². The van der Waals surface area contributed by atoms with Gasteiger partial charge in [0.2, 0.25) is 5.75 Å². The topological polar surface area (TPSA) is 119 Å². The Balaban J connectivity index is 1.20. The second-order valence-corrected chi connectivity index (χ2v) is 11.2. The number of hydrogen-bond acceptors (Lipinski definition) is 10. The third-order valence-corrected chi connectivity index (χ3v) is 8.27. The van der Waals surface area contributed by atoms with Gasteiger partial charge in [-0.1, -0.05) is 11.6 Å². The third kappa shape index (κ3) is 6.16. The number of nitrogen functional groups attached to an aromatic ring is 1. The molecule has 1 saturated heterocycles. The van der Waals surface area contributed by atoms with Crippen LogP contribution in [0.1, 0.15) is 22.3 Å². The molecule has 0 saturated carbocycles. The molecule has 0 bridgehead atoms. The van der Waals surface area contributed by atoms with E-state index in [1.807, 2.05) is 37.3 Å². The highest BCUT2D eigenvalue weighted by atomic mass is 19.1. The van der Waals surface area contributed by atoms with Crippen LogP contribution in [0.3, 0.4) is 0 Å². The molecule has 1 aromatic heterocycles. The number of aryl methyl sites for hydroxylation is 1. The molecule has 238 valence electrons. The molecule has 3 aromatic carbocycles. The first-order chi connectivity index (χ1) is 22.3. The van der Waals surface area contributed by atoms with Crippen LogP contribution in [-0.2, 0) is 11.2 Å². The Bertz CT molecular complexity index is 1760. The zero-order chi connectivity index (χ0) is 32.4. The van der Waals surface area contributed by atoms with Crippen molar-refractivity contribution < 1.29 is 23.4 Å². The Morgan fingerprint density at radius 3 is 2.26 bits per heavy atom. The lowest BCUT2D eigenvalue weighted by atomic mass is 10.1. The first-order valence-electron chi connectivity index (χ1n) is 14.9. The summed E-state index contributed by atoms with van der Waals surface area (Å²) in [4.78, 5) is 33.6. The highest BCUT2D eigenvalue weighted by Crippen LogP contribution is 2.39. The summed E-state index contributed by atoms with van der Waals surface area (Å²) in [5, 5.41) is 0. The third-order valence-electron chi connectivity index (χ3n) is 8.27. The van der Waals surface area contributed by atoms with Gasteiger partial charge in [0.05, 0.1) is 33.7 Å². The van der Waals surface area contributed by atoms with Crippen LogP contribution < -0.4 is 29.7 Å². The molecule has 11 nitrogen and oxygen atoms in total. The zero-order valence-corrected chi connectivity index (χ0v) is 26.3. The molecule has 4 aromatic rings. The van der Waals surface area contributed by atoms with Gasteiger partial charge < -0.3 is 24.8 Å². The van der Waals surface area contributed by atoms with Crippen molar-refractivity contribution in [2.75, 3.05) is 69.7 Å². The number of carbonyl (C=O) groups excluding carboxylic acids is 1. The van der Waals surface area contributed by atoms with Gasteiger partial charge in [-0.15, -0.1) is 0 Å². The molecule has 0 spiro atoms. The lowest BCUT2D eigenvalue weighted by Gasteiger charge is -2.37. The Morgan fingerprint density at radius 2 is 1.63 bits per heavy atom. The smallest absolute Gasteiger partial charge is 0.278 e. The van der Waals surface area contributed by atoms with E-state index in [1.165, 1.54) is 12.1 Å². The Kier molecular flexibility index (Phi) is 8.71. The minimum Gasteiger partial charge on any atom is -0.493 e. The summed E-state index contributed by atoms with van der Waals surface area (Å²) in [5.74, 6) is 1.47. The molecular formula is C34H36FN7O4. The van der Waals surface area contributed by atoms with Crippen molar-refractivity contribution >= 4 is 34.8 Å². The van der Waals surface area contributed by atoms with Gasteiger partial charge in [-0.3, -0.25) is 14.6 Å². The summed E-state index contributed by atoms with van der Waals surface area (Å²) >= 11 is 0. The zero-order valence-electron chi connectivity index (χ0n) is 26.3. The number of hydrogen-bond donors (Lipinski definition) is 1. The summed E-state index contributed by atoms with van der Waals surface area (Å²) < 4.78 is 29.8. The molecule has 3 heterocycles. The number of nitrogens with zero attached hydrogens (tertiary/aromatic N) is 6. The summed E-state index contributed by atoms with van der Waals surface area (Å²) in [5.41, 5.74) is 11.7. The van der Waals surface area contributed by atoms with Gasteiger partial charge in [0, 0.05) is 55.6 Å². The maximum absolute atomic E-state index is 13.8. The number of anilines is 3. The summed E-state index contributed by atoms with van der Waals surface area (Å²) in [6.07, 6.45) is 2.04. The number of ether oxygens (including phenoxy) is 3. The molecule has 2 N–H and O–H groups in total. The molecule has 0 atom stereocenters. The van der Waals surface area contributed by atoms with Crippen LogP contribution in [0.2, 0.25) is 0 Å². The highest BCUT2D eigenvalue weighted by Gasteiger charge is 2.36. The largest absolute Gasteiger partial charge is 0.493 e. The molecule has 2 aliphatic rings. The lowest BCUT2D eigenvalue weighted by Crippen LogP contribution is -2.51. The fourth-order valence-corrected chi connectivity index (χ4v) is 5.83. The van der Waals surface area contributed by atoms with E-state index in [1.54, 1.807) is 44.6 Å². The number of benzene rings is 3. The molecule has 0 aliphatic carbocycles. The van der Waals surface area contributed by atoms with E-state index >= 15 is 0 Å². The van der Waals surface area contributed by atoms with E-state index in [9.17, 15) is 9.18 Å². The van der Waals surface area contributed by atoms with Crippen LogP contribution in [0.5, 0.6) is 17.2 Å². The summed E-state index contributed by atoms with van der Waals surface area (Å²) in [7, 11) is 4.68. The van der Waals surface area contributed by atoms with Gasteiger partial charge in [-0.05, 0) is 61.0 Å². The van der Waals surface area contributed by atoms with Crippen LogP contribution in [0.25, 0.3) is 0 Å². The van der Waals surface area contributed by atoms with E-state index < -0.39 is 0 Å². The number of aromatic nitrogens is 2. The SMILES string of the molecule is COc1cc(Cc2cnc(/N=C3\C(=O)N(CN4CCN(c5ccc(F)cc5)CC4)c4ccc(C)cc43)nc2N)cc(OC)c1OC. The molecule has 46 heavy (non-hydrogen) atoms. The second-order valence-electron chi connectivity index (χ2n) is 11.2. The number of aliphatic imine (C=N–C) groups is 1. The Labute approximate surface area is 267 Å². The maximum atomic E-state index is 13.8. The van der Waals surface area contributed by atoms with Crippen molar-refractivity contribution in [1.29, 1.82) is 0 Å². The molecule has 12 heteroatoms. The fourth-order valence-electron chi connectivity index (χ4n) is 5.83. The number of halogens is 1. The van der Waals surface area contributed by atoms with Gasteiger partial charge in [-0.2, -0.15) is 4.98 Å². The van der Waals surface area contributed by atoms with Gasteiger partial charge in [0.15, 0.2) is 11.5 Å². The number of methoxy groups -OCH3 is 3. The Hall–Kier alpha value is -5.23. The second kappa shape index (κ2) is 13.0.